The van der Waals surface area contributed by atoms with Gasteiger partial charge >= 0.3 is 0 Å². The molecule has 94 valence electrons. The maximum atomic E-state index is 2.32. The monoisotopic (exact) mass is 222 g/mol. The molecule has 0 heteroatoms. The number of unbranched alkanes of at least 4 members (excludes halogenated alkanes) is 2. The average Bonchev–Trinajstić information content (AvgIpc) is 2.24. The Morgan fingerprint density at radius 2 is 1.19 bits per heavy atom. The summed E-state index contributed by atoms with van der Waals surface area (Å²) in [5.41, 5.74) is 0. The fourth-order valence-corrected chi connectivity index (χ4v) is 1.68. The van der Waals surface area contributed by atoms with Crippen LogP contribution in [0.4, 0.5) is 0 Å². The predicted molar refractivity (Wildman–Crippen MR) is 75.8 cm³/mol. The molecule has 0 bridgehead atoms. The van der Waals surface area contributed by atoms with E-state index >= 15 is 0 Å². The Morgan fingerprint density at radius 3 is 1.56 bits per heavy atom. The number of hydrogen-bond acceptors (Lipinski definition) is 0. The summed E-state index contributed by atoms with van der Waals surface area (Å²) in [6.07, 6.45) is 22.6. The molecule has 0 heterocycles. The molecular formula is C16H30. The Hall–Kier alpha value is -0.520. The highest BCUT2D eigenvalue weighted by molar-refractivity contribution is 4.82. The molecule has 0 nitrogen and oxygen atoms in total. The maximum Gasteiger partial charge on any atom is -0.0351 e. The second-order valence-corrected chi connectivity index (χ2v) is 4.51. The minimum atomic E-state index is 1.25. The van der Waals surface area contributed by atoms with Crippen LogP contribution in [0.1, 0.15) is 78.1 Å². The molecule has 0 aromatic heterocycles. The van der Waals surface area contributed by atoms with Gasteiger partial charge in [0.05, 0.1) is 0 Å². The third-order valence-corrected chi connectivity index (χ3v) is 2.74. The van der Waals surface area contributed by atoms with Gasteiger partial charge in [-0.15, -0.1) is 0 Å². The van der Waals surface area contributed by atoms with E-state index in [1.165, 1.54) is 64.2 Å². The lowest BCUT2D eigenvalue weighted by molar-refractivity contribution is 0.638. The Labute approximate surface area is 103 Å². The predicted octanol–water partition coefficient (Wildman–Crippen LogP) is 6.04. The minimum Gasteiger partial charge on any atom is -0.0885 e. The number of allylic oxidation sites excluding steroid dienone is 4. The first kappa shape index (κ1) is 15.5. The second kappa shape index (κ2) is 14.5. The van der Waals surface area contributed by atoms with E-state index in [0.717, 1.165) is 0 Å². The molecule has 0 aromatic carbocycles. The van der Waals surface area contributed by atoms with E-state index in [-0.39, 0.29) is 0 Å². The van der Waals surface area contributed by atoms with E-state index < -0.39 is 0 Å². The highest BCUT2D eigenvalue weighted by Gasteiger charge is 1.89. The van der Waals surface area contributed by atoms with E-state index in [9.17, 15) is 0 Å². The molecule has 0 fully saturated rings. The van der Waals surface area contributed by atoms with Crippen LogP contribution in [0.3, 0.4) is 0 Å². The van der Waals surface area contributed by atoms with Crippen molar-refractivity contribution in [1.82, 2.24) is 0 Å². The van der Waals surface area contributed by atoms with Gasteiger partial charge in [0.25, 0.3) is 0 Å². The lowest BCUT2D eigenvalue weighted by Gasteiger charge is -2.00. The highest BCUT2D eigenvalue weighted by atomic mass is 14.0. The second-order valence-electron chi connectivity index (χ2n) is 4.51. The van der Waals surface area contributed by atoms with Crippen molar-refractivity contribution in [2.45, 2.75) is 78.1 Å². The summed E-state index contributed by atoms with van der Waals surface area (Å²) in [6.45, 7) is 4.41. The van der Waals surface area contributed by atoms with Gasteiger partial charge < -0.3 is 0 Å². The van der Waals surface area contributed by atoms with E-state index in [2.05, 4.69) is 38.2 Å². The Kier molecular flexibility index (Phi) is 14.0. The summed E-state index contributed by atoms with van der Waals surface area (Å²) in [6, 6.07) is 0. The van der Waals surface area contributed by atoms with Crippen LogP contribution in [-0.4, -0.2) is 0 Å². The first-order chi connectivity index (χ1) is 7.91. The zero-order chi connectivity index (χ0) is 11.9. The average molecular weight is 222 g/mol. The normalized spacial score (nSPS) is 16.4. The van der Waals surface area contributed by atoms with E-state index in [1.54, 1.807) is 0 Å². The summed E-state index contributed by atoms with van der Waals surface area (Å²) in [5.74, 6) is 0. The number of hydrogen-bond donors (Lipinski definition) is 0. The molecule has 0 N–H and O–H groups in total. The lowest BCUT2D eigenvalue weighted by atomic mass is 10.1. The topological polar surface area (TPSA) is 0 Å². The van der Waals surface area contributed by atoms with Gasteiger partial charge in [-0.2, -0.15) is 0 Å². The summed E-state index contributed by atoms with van der Waals surface area (Å²) in [5, 5.41) is 0. The van der Waals surface area contributed by atoms with Crippen molar-refractivity contribution >= 4 is 0 Å². The third-order valence-electron chi connectivity index (χ3n) is 2.74. The molecule has 0 saturated carbocycles. The molecule has 0 aliphatic heterocycles. The van der Waals surface area contributed by atoms with Crippen LogP contribution in [0.2, 0.25) is 0 Å². The lowest BCUT2D eigenvalue weighted by Crippen LogP contribution is -1.80. The van der Waals surface area contributed by atoms with Gasteiger partial charge in [-0.1, -0.05) is 63.8 Å². The van der Waals surface area contributed by atoms with Gasteiger partial charge in [0.1, 0.15) is 0 Å². The van der Waals surface area contributed by atoms with Crippen molar-refractivity contribution < 1.29 is 0 Å². The zero-order valence-electron chi connectivity index (χ0n) is 11.4. The Morgan fingerprint density at radius 1 is 0.750 bits per heavy atom. The van der Waals surface area contributed by atoms with Crippen molar-refractivity contribution in [2.24, 2.45) is 0 Å². The molecule has 0 radical (unpaired) electrons. The standard InChI is InChI=1S/C8H14.C8H16/c1-2-4-6-8-7-5-3-1;1-3-5-7-8-6-4-2/h1-2H,3-8H2;7-8H,3-6H2,1-2H3. The van der Waals surface area contributed by atoms with Crippen molar-refractivity contribution in [1.29, 1.82) is 0 Å². The summed E-state index contributed by atoms with van der Waals surface area (Å²) < 4.78 is 0. The molecule has 1 aliphatic carbocycles. The smallest absolute Gasteiger partial charge is 0.0351 e. The molecule has 0 amide bonds. The maximum absolute atomic E-state index is 2.32. The van der Waals surface area contributed by atoms with Gasteiger partial charge in [0, 0.05) is 0 Å². The van der Waals surface area contributed by atoms with Crippen molar-refractivity contribution in [2.75, 3.05) is 0 Å². The summed E-state index contributed by atoms with van der Waals surface area (Å²) in [7, 11) is 0. The highest BCUT2D eigenvalue weighted by Crippen LogP contribution is 2.09. The van der Waals surface area contributed by atoms with Crippen molar-refractivity contribution in [3.05, 3.63) is 24.3 Å². The number of rotatable bonds is 4. The van der Waals surface area contributed by atoms with Gasteiger partial charge in [0.2, 0.25) is 0 Å². The largest absolute Gasteiger partial charge is 0.0885 e. The van der Waals surface area contributed by atoms with Crippen molar-refractivity contribution in [3.8, 4) is 0 Å². The molecule has 16 heavy (non-hydrogen) atoms. The summed E-state index contributed by atoms with van der Waals surface area (Å²) >= 11 is 0. The molecule has 0 saturated heterocycles. The Bertz CT molecular complexity index is 145. The van der Waals surface area contributed by atoms with Gasteiger partial charge in [-0.05, 0) is 38.5 Å². The zero-order valence-corrected chi connectivity index (χ0v) is 11.4. The van der Waals surface area contributed by atoms with Crippen LogP contribution in [0.5, 0.6) is 0 Å². The molecule has 0 spiro atoms. The van der Waals surface area contributed by atoms with Gasteiger partial charge in [0.15, 0.2) is 0 Å². The molecular weight excluding hydrogens is 192 g/mol. The summed E-state index contributed by atoms with van der Waals surface area (Å²) in [4.78, 5) is 0. The van der Waals surface area contributed by atoms with Crippen LogP contribution < -0.4 is 0 Å². The van der Waals surface area contributed by atoms with Crippen LogP contribution in [-0.2, 0) is 0 Å². The SMILES string of the molecule is C1=CCCCCCC1.CCCC=CCCC. The fraction of sp³-hybridized carbons (Fsp3) is 0.750. The van der Waals surface area contributed by atoms with Crippen LogP contribution in [0.25, 0.3) is 0 Å². The quantitative estimate of drug-likeness (QED) is 0.509. The minimum absolute atomic E-state index is 1.25. The van der Waals surface area contributed by atoms with Crippen LogP contribution >= 0.6 is 0 Å². The third kappa shape index (κ3) is 13.5. The molecule has 1 rings (SSSR count). The van der Waals surface area contributed by atoms with Crippen LogP contribution in [0, 0.1) is 0 Å². The van der Waals surface area contributed by atoms with Gasteiger partial charge in [-0.3, -0.25) is 0 Å². The molecule has 1 aliphatic rings. The van der Waals surface area contributed by atoms with Crippen molar-refractivity contribution in [3.63, 3.8) is 0 Å². The molecule has 0 atom stereocenters. The van der Waals surface area contributed by atoms with E-state index in [0.29, 0.717) is 0 Å². The Balaban J connectivity index is 0.000000281. The molecule has 0 aromatic rings. The first-order valence-corrected chi connectivity index (χ1v) is 7.21. The fourth-order valence-electron chi connectivity index (χ4n) is 1.68. The van der Waals surface area contributed by atoms with E-state index in [4.69, 9.17) is 0 Å². The first-order valence-electron chi connectivity index (χ1n) is 7.21. The van der Waals surface area contributed by atoms with Crippen LogP contribution in [0.15, 0.2) is 24.3 Å². The van der Waals surface area contributed by atoms with E-state index in [1.807, 2.05) is 0 Å². The molecule has 0 unspecified atom stereocenters. The van der Waals surface area contributed by atoms with Gasteiger partial charge in [-0.25, -0.2) is 0 Å².